The van der Waals surface area contributed by atoms with Crippen molar-refractivity contribution in [3.8, 4) is 23.0 Å². The van der Waals surface area contributed by atoms with E-state index >= 15 is 0 Å². The lowest BCUT2D eigenvalue weighted by Crippen LogP contribution is -2.14. The van der Waals surface area contributed by atoms with Crippen molar-refractivity contribution in [1.29, 1.82) is 5.41 Å². The summed E-state index contributed by atoms with van der Waals surface area (Å²) in [5.74, 6) is 0.993. The van der Waals surface area contributed by atoms with Crippen molar-refractivity contribution in [2.75, 3.05) is 5.32 Å². The van der Waals surface area contributed by atoms with Crippen molar-refractivity contribution < 1.29 is 19.1 Å². The molecule has 2 aromatic heterocycles. The quantitative estimate of drug-likeness (QED) is 0.228. The molecule has 0 amide bonds. The third-order valence-corrected chi connectivity index (χ3v) is 6.02. The molecule has 0 aliphatic heterocycles. The summed E-state index contributed by atoms with van der Waals surface area (Å²) in [7, 11) is 0. The van der Waals surface area contributed by atoms with Gasteiger partial charge in [0.25, 0.3) is 0 Å². The van der Waals surface area contributed by atoms with Crippen molar-refractivity contribution in [3.63, 3.8) is 0 Å². The van der Waals surface area contributed by atoms with Crippen LogP contribution in [-0.2, 0) is 6.54 Å². The number of hydrogen-bond donors (Lipinski definition) is 3. The van der Waals surface area contributed by atoms with E-state index < -0.39 is 5.97 Å². The molecule has 0 bridgehead atoms. The van der Waals surface area contributed by atoms with Crippen molar-refractivity contribution in [2.24, 2.45) is 0 Å². The van der Waals surface area contributed by atoms with E-state index in [2.05, 4.69) is 10.3 Å². The summed E-state index contributed by atoms with van der Waals surface area (Å²) in [5.41, 5.74) is 3.52. The number of nitrogens with one attached hydrogen (secondary N) is 2. The van der Waals surface area contributed by atoms with Crippen LogP contribution in [0.25, 0.3) is 11.5 Å². The number of benzene rings is 2. The number of nitrogens with zero attached hydrogens (tertiary/aromatic N) is 1. The molecule has 4 aromatic rings. The SMILES string of the molecule is CC(=N)c1c(C(=O)O)cc(-c2ccco2)nc1NCc1ccc(Oc2cc(C)c(Cl)c(C)c2)cc1. The summed E-state index contributed by atoms with van der Waals surface area (Å²) in [5, 5.41) is 21.8. The van der Waals surface area contributed by atoms with Crippen LogP contribution in [0.1, 0.15) is 39.5 Å². The Morgan fingerprint density at radius 1 is 1.11 bits per heavy atom. The predicted octanol–water partition coefficient (Wildman–Crippen LogP) is 7.10. The highest BCUT2D eigenvalue weighted by atomic mass is 35.5. The Kier molecular flexibility index (Phi) is 6.89. The molecule has 0 aliphatic rings. The Bertz CT molecular complexity index is 1370. The van der Waals surface area contributed by atoms with Crippen LogP contribution in [0, 0.1) is 19.3 Å². The monoisotopic (exact) mass is 489 g/mol. The standard InChI is InChI=1S/C27H24ClN3O4/c1-15-11-20(12-16(2)25(15)28)35-19-8-6-18(7-9-19)14-30-26-24(17(3)29)21(27(32)33)13-22(31-26)23-5-4-10-34-23/h4-13,29H,14H2,1-3H3,(H,30,31)(H,32,33). The first-order valence-corrected chi connectivity index (χ1v) is 11.3. The van der Waals surface area contributed by atoms with Gasteiger partial charge in [0, 0.05) is 17.3 Å². The van der Waals surface area contributed by atoms with Crippen LogP contribution in [0.5, 0.6) is 11.5 Å². The minimum atomic E-state index is -1.14. The summed E-state index contributed by atoms with van der Waals surface area (Å²) in [6.07, 6.45) is 1.50. The lowest BCUT2D eigenvalue weighted by molar-refractivity contribution is 0.0696. The molecule has 0 atom stereocenters. The number of carboxylic acids is 1. The van der Waals surface area contributed by atoms with Crippen LogP contribution in [-0.4, -0.2) is 21.8 Å². The van der Waals surface area contributed by atoms with E-state index in [0.717, 1.165) is 21.7 Å². The van der Waals surface area contributed by atoms with Gasteiger partial charge in [-0.05, 0) is 79.9 Å². The van der Waals surface area contributed by atoms with Gasteiger partial charge in [-0.15, -0.1) is 0 Å². The van der Waals surface area contributed by atoms with Gasteiger partial charge < -0.3 is 25.0 Å². The van der Waals surface area contributed by atoms with Crippen molar-refractivity contribution in [2.45, 2.75) is 27.3 Å². The maximum Gasteiger partial charge on any atom is 0.336 e. The van der Waals surface area contributed by atoms with Crippen LogP contribution in [0.15, 0.2) is 65.3 Å². The largest absolute Gasteiger partial charge is 0.478 e. The van der Waals surface area contributed by atoms with Gasteiger partial charge in [0.05, 0.1) is 17.4 Å². The number of carbonyl (C=O) groups is 1. The number of aromatic nitrogens is 1. The minimum absolute atomic E-state index is 0.0151. The average Bonchev–Trinajstić information content (AvgIpc) is 3.36. The predicted molar refractivity (Wildman–Crippen MR) is 136 cm³/mol. The molecule has 2 aromatic carbocycles. The first-order valence-electron chi connectivity index (χ1n) is 10.9. The molecule has 2 heterocycles. The van der Waals surface area contributed by atoms with Gasteiger partial charge in [-0.2, -0.15) is 0 Å². The molecular formula is C27H24ClN3O4. The zero-order valence-corrected chi connectivity index (χ0v) is 20.2. The van der Waals surface area contributed by atoms with Crippen LogP contribution < -0.4 is 10.1 Å². The van der Waals surface area contributed by atoms with Crippen LogP contribution >= 0.6 is 11.6 Å². The second-order valence-corrected chi connectivity index (χ2v) is 8.53. The molecular weight excluding hydrogens is 466 g/mol. The van der Waals surface area contributed by atoms with E-state index in [1.165, 1.54) is 19.3 Å². The molecule has 35 heavy (non-hydrogen) atoms. The molecule has 3 N–H and O–H groups in total. The van der Waals surface area contributed by atoms with Crippen LogP contribution in [0.2, 0.25) is 5.02 Å². The Labute approximate surface area is 207 Å². The van der Waals surface area contributed by atoms with E-state index in [1.54, 1.807) is 12.1 Å². The number of hydrogen-bond acceptors (Lipinski definition) is 6. The fourth-order valence-corrected chi connectivity index (χ4v) is 3.84. The first kappa shape index (κ1) is 24.0. The molecule has 0 saturated carbocycles. The molecule has 8 heteroatoms. The van der Waals surface area contributed by atoms with Crippen molar-refractivity contribution in [1.82, 2.24) is 4.98 Å². The summed E-state index contributed by atoms with van der Waals surface area (Å²) in [6, 6.07) is 16.1. The van der Waals surface area contributed by atoms with E-state index in [4.69, 9.17) is 26.2 Å². The third-order valence-electron chi connectivity index (χ3n) is 5.43. The number of ether oxygens (including phenoxy) is 1. The number of furan rings is 1. The number of aromatic carboxylic acids is 1. The van der Waals surface area contributed by atoms with Gasteiger partial charge in [0.15, 0.2) is 5.76 Å². The van der Waals surface area contributed by atoms with E-state index in [9.17, 15) is 9.90 Å². The second kappa shape index (κ2) is 10.0. The molecule has 0 radical (unpaired) electrons. The fourth-order valence-electron chi connectivity index (χ4n) is 3.73. The number of halogens is 1. The molecule has 4 rings (SSSR count). The Balaban J connectivity index is 1.56. The Morgan fingerprint density at radius 3 is 2.37 bits per heavy atom. The zero-order chi connectivity index (χ0) is 25.1. The summed E-state index contributed by atoms with van der Waals surface area (Å²) in [4.78, 5) is 16.5. The molecule has 0 aliphatic carbocycles. The summed E-state index contributed by atoms with van der Waals surface area (Å²) < 4.78 is 11.4. The average molecular weight is 490 g/mol. The number of rotatable bonds is 8. The third kappa shape index (κ3) is 5.36. The fraction of sp³-hybridized carbons (Fsp3) is 0.148. The molecule has 0 unspecified atom stereocenters. The lowest BCUT2D eigenvalue weighted by Gasteiger charge is -2.15. The van der Waals surface area contributed by atoms with Gasteiger partial charge in [-0.1, -0.05) is 23.7 Å². The number of carboxylic acid groups (broad SMARTS) is 1. The first-order chi connectivity index (χ1) is 16.7. The molecule has 178 valence electrons. The molecule has 0 spiro atoms. The Hall–Kier alpha value is -4.10. The van der Waals surface area contributed by atoms with Gasteiger partial charge >= 0.3 is 5.97 Å². The lowest BCUT2D eigenvalue weighted by atomic mass is 10.0. The number of anilines is 1. The zero-order valence-electron chi connectivity index (χ0n) is 19.5. The second-order valence-electron chi connectivity index (χ2n) is 8.16. The summed E-state index contributed by atoms with van der Waals surface area (Å²) >= 11 is 6.24. The molecule has 0 saturated heterocycles. The maximum atomic E-state index is 11.9. The molecule has 0 fully saturated rings. The van der Waals surface area contributed by atoms with Crippen LogP contribution in [0.3, 0.4) is 0 Å². The Morgan fingerprint density at radius 2 is 1.80 bits per heavy atom. The highest BCUT2D eigenvalue weighted by Crippen LogP contribution is 2.30. The highest BCUT2D eigenvalue weighted by Gasteiger charge is 2.21. The van der Waals surface area contributed by atoms with E-state index in [-0.39, 0.29) is 16.8 Å². The number of aryl methyl sites for hydroxylation is 2. The topological polar surface area (TPSA) is 108 Å². The van der Waals surface area contributed by atoms with Gasteiger partial charge in [0.1, 0.15) is 23.0 Å². The van der Waals surface area contributed by atoms with Gasteiger partial charge in [-0.25, -0.2) is 9.78 Å². The maximum absolute atomic E-state index is 11.9. The van der Waals surface area contributed by atoms with E-state index in [0.29, 0.717) is 35.3 Å². The molecule has 7 nitrogen and oxygen atoms in total. The van der Waals surface area contributed by atoms with E-state index in [1.807, 2.05) is 50.2 Å². The van der Waals surface area contributed by atoms with Crippen LogP contribution in [0.4, 0.5) is 5.82 Å². The highest BCUT2D eigenvalue weighted by molar-refractivity contribution is 6.32. The van der Waals surface area contributed by atoms with Crippen molar-refractivity contribution >= 4 is 29.1 Å². The minimum Gasteiger partial charge on any atom is -0.478 e. The van der Waals surface area contributed by atoms with Crippen molar-refractivity contribution in [3.05, 3.63) is 93.7 Å². The summed E-state index contributed by atoms with van der Waals surface area (Å²) in [6.45, 7) is 5.78. The number of pyridine rings is 1. The van der Waals surface area contributed by atoms with Gasteiger partial charge in [-0.3, -0.25) is 0 Å². The normalized spacial score (nSPS) is 10.7. The smallest absolute Gasteiger partial charge is 0.336 e. The van der Waals surface area contributed by atoms with Gasteiger partial charge in [0.2, 0.25) is 0 Å².